The Kier molecular flexibility index (Phi) is 6.50. The lowest BCUT2D eigenvalue weighted by molar-refractivity contribution is -0.116. The molecule has 2 aromatic heterocycles. The molecule has 2 heterocycles. The first-order chi connectivity index (χ1) is 13.7. The van der Waals surface area contributed by atoms with E-state index in [4.69, 9.17) is 5.26 Å². The molecule has 0 bridgehead atoms. The molecule has 140 valence electrons. The average molecular weight is 392 g/mol. The molecule has 0 atom stereocenters. The highest BCUT2D eigenvalue weighted by Gasteiger charge is 2.03. The van der Waals surface area contributed by atoms with Crippen molar-refractivity contribution in [3.05, 3.63) is 77.1 Å². The molecule has 0 saturated heterocycles. The minimum Gasteiger partial charge on any atom is -0.367 e. The Morgan fingerprint density at radius 1 is 1.18 bits per heavy atom. The van der Waals surface area contributed by atoms with Crippen molar-refractivity contribution in [2.45, 2.75) is 0 Å². The van der Waals surface area contributed by atoms with E-state index in [1.807, 2.05) is 12.1 Å². The topological polar surface area (TPSA) is 77.8 Å². The molecule has 0 aliphatic rings. The molecule has 1 aromatic carbocycles. The SMILES string of the molecule is N#Cc1cccnc1NCCNC(=O)/C=C/c1ccc(-c2ccc(F)cc2)s1. The van der Waals surface area contributed by atoms with Crippen LogP contribution in [0.3, 0.4) is 0 Å². The summed E-state index contributed by atoms with van der Waals surface area (Å²) in [6.07, 6.45) is 4.82. The molecule has 5 nitrogen and oxygen atoms in total. The molecule has 0 spiro atoms. The van der Waals surface area contributed by atoms with Gasteiger partial charge in [-0.15, -0.1) is 11.3 Å². The standard InChI is InChI=1S/C21H17FN4OS/c22-17-5-3-15(4-6-17)19-9-7-18(28-19)8-10-20(27)24-12-13-26-21-16(14-23)2-1-11-25-21/h1-11H,12-13H2,(H,24,27)(H,25,26)/b10-8+. The summed E-state index contributed by atoms with van der Waals surface area (Å²) >= 11 is 1.52. The van der Waals surface area contributed by atoms with Gasteiger partial charge < -0.3 is 10.6 Å². The fourth-order valence-corrected chi connectivity index (χ4v) is 3.35. The summed E-state index contributed by atoms with van der Waals surface area (Å²) in [5, 5.41) is 14.8. The predicted octanol–water partition coefficient (Wildman–Crippen LogP) is 4.06. The number of carbonyl (C=O) groups is 1. The lowest BCUT2D eigenvalue weighted by Crippen LogP contribution is -2.27. The molecule has 3 rings (SSSR count). The average Bonchev–Trinajstić information content (AvgIpc) is 3.19. The predicted molar refractivity (Wildman–Crippen MR) is 109 cm³/mol. The number of amides is 1. The van der Waals surface area contributed by atoms with Crippen LogP contribution < -0.4 is 10.6 Å². The van der Waals surface area contributed by atoms with Crippen LogP contribution in [0.1, 0.15) is 10.4 Å². The minimum absolute atomic E-state index is 0.208. The van der Waals surface area contributed by atoms with Crippen LogP contribution in [-0.2, 0) is 4.79 Å². The molecule has 2 N–H and O–H groups in total. The van der Waals surface area contributed by atoms with Crippen LogP contribution in [0.25, 0.3) is 16.5 Å². The number of hydrogen-bond acceptors (Lipinski definition) is 5. The number of pyridine rings is 1. The van der Waals surface area contributed by atoms with Gasteiger partial charge in [-0.1, -0.05) is 12.1 Å². The summed E-state index contributed by atoms with van der Waals surface area (Å²) in [5.74, 6) is 0.0280. The van der Waals surface area contributed by atoms with Gasteiger partial charge in [0.2, 0.25) is 5.91 Å². The summed E-state index contributed by atoms with van der Waals surface area (Å²) in [6.45, 7) is 0.856. The van der Waals surface area contributed by atoms with E-state index in [0.717, 1.165) is 15.3 Å². The third-order valence-corrected chi connectivity index (χ3v) is 4.90. The summed E-state index contributed by atoms with van der Waals surface area (Å²) in [4.78, 5) is 18.0. The van der Waals surface area contributed by atoms with Crippen molar-refractivity contribution < 1.29 is 9.18 Å². The Morgan fingerprint density at radius 3 is 2.79 bits per heavy atom. The Labute approximate surface area is 166 Å². The summed E-state index contributed by atoms with van der Waals surface area (Å²) < 4.78 is 13.0. The van der Waals surface area contributed by atoms with Gasteiger partial charge in [-0.2, -0.15) is 5.26 Å². The maximum atomic E-state index is 13.0. The van der Waals surface area contributed by atoms with E-state index < -0.39 is 0 Å². The Balaban J connectivity index is 1.47. The first kappa shape index (κ1) is 19.3. The van der Waals surface area contributed by atoms with Crippen molar-refractivity contribution in [2.75, 3.05) is 18.4 Å². The van der Waals surface area contributed by atoms with E-state index in [2.05, 4.69) is 21.7 Å². The zero-order valence-corrected chi connectivity index (χ0v) is 15.7. The number of benzene rings is 1. The summed E-state index contributed by atoms with van der Waals surface area (Å²) in [6, 6.07) is 15.6. The van der Waals surface area contributed by atoms with Gasteiger partial charge >= 0.3 is 0 Å². The molecule has 0 radical (unpaired) electrons. The number of thiophene rings is 1. The number of nitrogens with one attached hydrogen (secondary N) is 2. The van der Waals surface area contributed by atoms with E-state index in [1.54, 1.807) is 36.5 Å². The van der Waals surface area contributed by atoms with Crippen LogP contribution in [0.4, 0.5) is 10.2 Å². The van der Waals surface area contributed by atoms with Gasteiger partial charge in [0, 0.05) is 35.1 Å². The van der Waals surface area contributed by atoms with Gasteiger partial charge in [0.15, 0.2) is 0 Å². The molecule has 0 unspecified atom stereocenters. The van der Waals surface area contributed by atoms with Gasteiger partial charge in [-0.05, 0) is 48.0 Å². The smallest absolute Gasteiger partial charge is 0.244 e. The molecular weight excluding hydrogens is 375 g/mol. The lowest BCUT2D eigenvalue weighted by Gasteiger charge is -2.06. The third kappa shape index (κ3) is 5.25. The molecular formula is C21H17FN4OS. The highest BCUT2D eigenvalue weighted by Crippen LogP contribution is 2.28. The van der Waals surface area contributed by atoms with Crippen molar-refractivity contribution in [1.82, 2.24) is 10.3 Å². The van der Waals surface area contributed by atoms with Crippen LogP contribution in [0.15, 0.2) is 60.8 Å². The Bertz CT molecular complexity index is 1020. The van der Waals surface area contributed by atoms with Crippen molar-refractivity contribution in [1.29, 1.82) is 5.26 Å². The fraction of sp³-hybridized carbons (Fsp3) is 0.0952. The van der Waals surface area contributed by atoms with E-state index in [0.29, 0.717) is 24.5 Å². The third-order valence-electron chi connectivity index (χ3n) is 3.80. The van der Waals surface area contributed by atoms with Gasteiger partial charge in [-0.25, -0.2) is 9.37 Å². The number of nitriles is 1. The second-order valence-electron chi connectivity index (χ2n) is 5.77. The van der Waals surface area contributed by atoms with E-state index in [-0.39, 0.29) is 11.7 Å². The molecule has 0 aliphatic heterocycles. The lowest BCUT2D eigenvalue weighted by atomic mass is 10.2. The van der Waals surface area contributed by atoms with Crippen molar-refractivity contribution in [2.24, 2.45) is 0 Å². The van der Waals surface area contributed by atoms with E-state index in [9.17, 15) is 9.18 Å². The second kappa shape index (κ2) is 9.44. The summed E-state index contributed by atoms with van der Waals surface area (Å²) in [7, 11) is 0. The Hall–Kier alpha value is -3.50. The first-order valence-electron chi connectivity index (χ1n) is 8.56. The van der Waals surface area contributed by atoms with Crippen molar-refractivity contribution in [3.63, 3.8) is 0 Å². The molecule has 7 heteroatoms. The number of nitrogens with zero attached hydrogens (tertiary/aromatic N) is 2. The quantitative estimate of drug-likeness (QED) is 0.469. The van der Waals surface area contributed by atoms with Crippen LogP contribution in [-0.4, -0.2) is 24.0 Å². The normalized spacial score (nSPS) is 10.6. The molecule has 1 amide bonds. The van der Waals surface area contributed by atoms with E-state index >= 15 is 0 Å². The first-order valence-corrected chi connectivity index (χ1v) is 9.38. The highest BCUT2D eigenvalue weighted by molar-refractivity contribution is 7.16. The molecule has 0 fully saturated rings. The maximum absolute atomic E-state index is 13.0. The number of hydrogen-bond donors (Lipinski definition) is 2. The Morgan fingerprint density at radius 2 is 2.00 bits per heavy atom. The zero-order valence-electron chi connectivity index (χ0n) is 14.9. The van der Waals surface area contributed by atoms with Crippen LogP contribution >= 0.6 is 11.3 Å². The van der Waals surface area contributed by atoms with Gasteiger partial charge in [0.25, 0.3) is 0 Å². The summed E-state index contributed by atoms with van der Waals surface area (Å²) in [5.41, 5.74) is 1.40. The fourth-order valence-electron chi connectivity index (χ4n) is 2.43. The van der Waals surface area contributed by atoms with Crippen LogP contribution in [0.5, 0.6) is 0 Å². The van der Waals surface area contributed by atoms with Gasteiger partial charge in [0.05, 0.1) is 5.56 Å². The largest absolute Gasteiger partial charge is 0.367 e. The molecule has 0 aliphatic carbocycles. The number of aromatic nitrogens is 1. The second-order valence-corrected chi connectivity index (χ2v) is 6.89. The maximum Gasteiger partial charge on any atom is 0.244 e. The zero-order chi connectivity index (χ0) is 19.8. The van der Waals surface area contributed by atoms with Crippen molar-refractivity contribution >= 4 is 29.1 Å². The molecule has 0 saturated carbocycles. The van der Waals surface area contributed by atoms with Crippen LogP contribution in [0, 0.1) is 17.1 Å². The highest BCUT2D eigenvalue weighted by atomic mass is 32.1. The number of carbonyl (C=O) groups excluding carboxylic acids is 1. The monoisotopic (exact) mass is 392 g/mol. The minimum atomic E-state index is -0.265. The van der Waals surface area contributed by atoms with Crippen LogP contribution in [0.2, 0.25) is 0 Å². The number of halogens is 1. The molecule has 3 aromatic rings. The number of rotatable bonds is 7. The van der Waals surface area contributed by atoms with Crippen molar-refractivity contribution in [3.8, 4) is 16.5 Å². The van der Waals surface area contributed by atoms with E-state index in [1.165, 1.54) is 29.5 Å². The van der Waals surface area contributed by atoms with Gasteiger partial charge in [-0.3, -0.25) is 4.79 Å². The van der Waals surface area contributed by atoms with Gasteiger partial charge in [0.1, 0.15) is 17.7 Å². The number of anilines is 1. The molecule has 28 heavy (non-hydrogen) atoms.